The topological polar surface area (TPSA) is 132 Å². The Morgan fingerprint density at radius 1 is 0.818 bits per heavy atom. The monoisotopic (exact) mass is 562 g/mol. The van der Waals surface area contributed by atoms with E-state index in [0.29, 0.717) is 0 Å². The van der Waals surface area contributed by atoms with Crippen LogP contribution < -0.4 is 0 Å². The van der Waals surface area contributed by atoms with Crippen LogP contribution in [0.3, 0.4) is 0 Å². The Labute approximate surface area is 158 Å². The van der Waals surface area contributed by atoms with E-state index in [1.165, 1.54) is 0 Å². The molecule has 0 fully saturated rings. The molecule has 0 aromatic heterocycles. The Bertz CT molecular complexity index is 78.6. The Kier molecular flexibility index (Phi) is 60.6. The third-order valence-electron chi connectivity index (χ3n) is 0. The second-order valence-corrected chi connectivity index (χ2v) is 0.447. The molecule has 0 bridgehead atoms. The van der Waals surface area contributed by atoms with Crippen molar-refractivity contribution in [1.29, 1.82) is 0 Å². The van der Waals surface area contributed by atoms with Gasteiger partial charge in [-0.1, -0.05) is 0 Å². The third-order valence-corrected chi connectivity index (χ3v) is 0. The van der Waals surface area contributed by atoms with Gasteiger partial charge in [0.15, 0.2) is 0 Å². The average molecular weight is 560 g/mol. The Morgan fingerprint density at radius 3 is 0.818 bits per heavy atom. The molecule has 0 aliphatic rings. The second kappa shape index (κ2) is 22.8. The molecule has 0 saturated carbocycles. The Morgan fingerprint density at radius 2 is 0.818 bits per heavy atom. The van der Waals surface area contributed by atoms with E-state index in [1.807, 2.05) is 0 Å². The first-order valence-corrected chi connectivity index (χ1v) is 1.10. The van der Waals surface area contributed by atoms with E-state index in [0.717, 1.165) is 0 Å². The predicted molar refractivity (Wildman–Crippen MR) is 43.6 cm³/mol. The van der Waals surface area contributed by atoms with Crippen LogP contribution >= 0.6 is 0 Å². The van der Waals surface area contributed by atoms with Gasteiger partial charge in [-0.25, -0.2) is 0 Å². The molecule has 0 aromatic carbocycles. The van der Waals surface area contributed by atoms with Gasteiger partial charge >= 0.3 is 122 Å². The first-order chi connectivity index (χ1) is 3.46. The molecule has 58 valence electrons. The fourth-order valence-electron chi connectivity index (χ4n) is 0. The zero-order valence-corrected chi connectivity index (χ0v) is 7.73. The Hall–Kier alpha value is 2.37. The normalized spacial score (nSPS) is 4.36. The van der Waals surface area contributed by atoms with Crippen LogP contribution in [-0.2, 0) is 0 Å². The number of hydrogen-bond acceptors (Lipinski definition) is 6. The van der Waals surface area contributed by atoms with Crippen LogP contribution in [0.2, 0.25) is 0 Å². The van der Waals surface area contributed by atoms with Crippen molar-refractivity contribution in [3.05, 3.63) is 30.6 Å². The molecule has 0 aliphatic heterocycles. The van der Waals surface area contributed by atoms with Crippen LogP contribution in [-0.4, -0.2) is 132 Å². The summed E-state index contributed by atoms with van der Waals surface area (Å²) in [5, 5.41) is 29.5. The van der Waals surface area contributed by atoms with Crippen LogP contribution in [0, 0.1) is 30.6 Å². The van der Waals surface area contributed by atoms with Crippen molar-refractivity contribution in [3.8, 4) is 0 Å². The predicted octanol–water partition coefficient (Wildman–Crippen LogP) is -2.69. The Balaban J connectivity index is -0.0000000171. The van der Waals surface area contributed by atoms with Crippen molar-refractivity contribution in [2.45, 2.75) is 0 Å². The van der Waals surface area contributed by atoms with Gasteiger partial charge in [0, 0.05) is 0 Å². The van der Waals surface area contributed by atoms with Gasteiger partial charge in [-0.05, 0) is 0 Å². The van der Waals surface area contributed by atoms with E-state index >= 15 is 0 Å². The van der Waals surface area contributed by atoms with Gasteiger partial charge in [-0.2, -0.15) is 0 Å². The molecule has 0 unspecified atom stereocenters. The van der Waals surface area contributed by atoms with Crippen LogP contribution in [0.15, 0.2) is 0 Å². The molecule has 2 radical (unpaired) electrons. The third kappa shape index (κ3) is 236. The standard InChI is InChI=1S/Ba.2NO3.Pb.Sr.4H/c;2*2-1(3)4;;;;;;/q;2*-1;+2;;;;;. The zero-order valence-electron chi connectivity index (χ0n) is 3.84. The summed E-state index contributed by atoms with van der Waals surface area (Å²) in [6.07, 6.45) is 0. The quantitative estimate of drug-likeness (QED) is 0.180. The summed E-state index contributed by atoms with van der Waals surface area (Å²) < 4.78 is 0. The molecule has 0 atom stereocenters. The average Bonchev–Trinajstić information content (AvgIpc) is 1.25. The molecule has 11 heteroatoms. The number of rotatable bonds is 0. The van der Waals surface area contributed by atoms with Crippen molar-refractivity contribution in [1.82, 2.24) is 0 Å². The van der Waals surface area contributed by atoms with E-state index in [2.05, 4.69) is 0 Å². The SMILES string of the molecule is O=[N+]([O-])[O-].O=[N+]([O-])[O-].[BaH2].[Pb+2].[SrH2]. The summed E-state index contributed by atoms with van der Waals surface area (Å²) in [5.74, 6) is 0. The summed E-state index contributed by atoms with van der Waals surface area (Å²) >= 11 is 0. The minimum absolute atomic E-state index is 0. The van der Waals surface area contributed by atoms with Crippen molar-refractivity contribution >= 4 is 122 Å². The van der Waals surface area contributed by atoms with Crippen LogP contribution in [0.4, 0.5) is 0 Å². The van der Waals surface area contributed by atoms with Crippen molar-refractivity contribution in [2.75, 3.05) is 0 Å². The zero-order chi connectivity index (χ0) is 7.15. The maximum atomic E-state index is 8.25. The summed E-state index contributed by atoms with van der Waals surface area (Å²) in [7, 11) is 0. The van der Waals surface area contributed by atoms with Gasteiger partial charge in [0.1, 0.15) is 0 Å². The molecule has 0 N–H and O–H groups in total. The summed E-state index contributed by atoms with van der Waals surface area (Å²) in [5.41, 5.74) is 0. The molecule has 8 nitrogen and oxygen atoms in total. The molecular formula is H4BaN2O6PbSr. The van der Waals surface area contributed by atoms with Crippen molar-refractivity contribution in [2.24, 2.45) is 0 Å². The molecule has 11 heavy (non-hydrogen) atoms. The van der Waals surface area contributed by atoms with Crippen LogP contribution in [0.25, 0.3) is 0 Å². The molecule has 0 heterocycles. The first kappa shape index (κ1) is 29.2. The van der Waals surface area contributed by atoms with Gasteiger partial charge in [-0.15, -0.1) is 0 Å². The molecule has 0 aliphatic carbocycles. The molecule has 0 aromatic rings. The van der Waals surface area contributed by atoms with E-state index in [9.17, 15) is 0 Å². The molecule has 0 amide bonds. The van der Waals surface area contributed by atoms with Gasteiger partial charge < -0.3 is 30.6 Å². The maximum absolute atomic E-state index is 8.25. The molecule has 0 spiro atoms. The van der Waals surface area contributed by atoms with E-state index in [-0.39, 0.29) is 122 Å². The van der Waals surface area contributed by atoms with Crippen LogP contribution in [0.1, 0.15) is 0 Å². The summed E-state index contributed by atoms with van der Waals surface area (Å²) in [4.78, 5) is 16.5. The fourth-order valence-corrected chi connectivity index (χ4v) is 0. The van der Waals surface area contributed by atoms with Gasteiger partial charge in [0.25, 0.3) is 0 Å². The molecular weight excluding hydrogens is 556 g/mol. The van der Waals surface area contributed by atoms with E-state index < -0.39 is 10.2 Å². The van der Waals surface area contributed by atoms with Crippen LogP contribution in [0.5, 0.6) is 0 Å². The summed E-state index contributed by atoms with van der Waals surface area (Å²) in [6, 6.07) is 0. The second-order valence-electron chi connectivity index (χ2n) is 0.447. The molecule has 0 saturated heterocycles. The van der Waals surface area contributed by atoms with Crippen molar-refractivity contribution < 1.29 is 10.2 Å². The van der Waals surface area contributed by atoms with Gasteiger partial charge in [0.05, 0.1) is 10.2 Å². The van der Waals surface area contributed by atoms with Gasteiger partial charge in [-0.3, -0.25) is 0 Å². The van der Waals surface area contributed by atoms with Gasteiger partial charge in [0.2, 0.25) is 0 Å². The number of nitrogens with zero attached hydrogens (tertiary/aromatic N) is 2. The number of hydrogen-bond donors (Lipinski definition) is 0. The molecule has 0 rings (SSSR count). The fraction of sp³-hybridized carbons (Fsp3) is 0. The van der Waals surface area contributed by atoms with Crippen molar-refractivity contribution in [3.63, 3.8) is 0 Å². The summed E-state index contributed by atoms with van der Waals surface area (Å²) in [6.45, 7) is 0. The minimum atomic E-state index is -1.75. The first-order valence-electron chi connectivity index (χ1n) is 1.10. The van der Waals surface area contributed by atoms with E-state index in [4.69, 9.17) is 30.6 Å². The van der Waals surface area contributed by atoms with E-state index in [1.54, 1.807) is 0 Å².